The van der Waals surface area contributed by atoms with Gasteiger partial charge in [0.1, 0.15) is 0 Å². The zero-order valence-corrected chi connectivity index (χ0v) is 17.7. The molecule has 178 valence electrons. The van der Waals surface area contributed by atoms with Crippen molar-refractivity contribution in [2.24, 2.45) is 0 Å². The number of allylic oxidation sites excluding steroid dienone is 3. The van der Waals surface area contributed by atoms with E-state index in [1.54, 1.807) is 35.2 Å². The lowest BCUT2D eigenvalue weighted by molar-refractivity contribution is -0.148. The van der Waals surface area contributed by atoms with Crippen LogP contribution in [0.15, 0.2) is 53.6 Å². The Kier molecular flexibility index (Phi) is 7.70. The molecular weight excluding hydrogens is 441 g/mol. The SMILES string of the molecule is O=C1C=CC(C(F)(F)F)=C(CN2CCC[C@@H]2C(=O)NC(Cc2ccccc2)C(O)C(=O)O)C1. The summed E-state index contributed by atoms with van der Waals surface area (Å²) in [5.41, 5.74) is -0.267. The van der Waals surface area contributed by atoms with Crippen molar-refractivity contribution in [2.75, 3.05) is 13.1 Å². The van der Waals surface area contributed by atoms with Crippen LogP contribution in [0.4, 0.5) is 13.2 Å². The number of alkyl halides is 3. The van der Waals surface area contributed by atoms with E-state index in [4.69, 9.17) is 0 Å². The van der Waals surface area contributed by atoms with E-state index in [2.05, 4.69) is 5.32 Å². The first-order valence-electron chi connectivity index (χ1n) is 10.6. The maximum Gasteiger partial charge on any atom is 0.416 e. The van der Waals surface area contributed by atoms with Crippen LogP contribution in [0.2, 0.25) is 0 Å². The quantitative estimate of drug-likeness (QED) is 0.541. The third kappa shape index (κ3) is 6.29. The summed E-state index contributed by atoms with van der Waals surface area (Å²) in [4.78, 5) is 37.6. The highest BCUT2D eigenvalue weighted by Gasteiger charge is 2.39. The zero-order chi connectivity index (χ0) is 24.2. The van der Waals surface area contributed by atoms with E-state index in [0.29, 0.717) is 24.9 Å². The number of hydrogen-bond donors (Lipinski definition) is 3. The van der Waals surface area contributed by atoms with Crippen LogP contribution in [-0.4, -0.2) is 70.2 Å². The second-order valence-corrected chi connectivity index (χ2v) is 8.21. The summed E-state index contributed by atoms with van der Waals surface area (Å²) in [5, 5.41) is 21.9. The summed E-state index contributed by atoms with van der Waals surface area (Å²) < 4.78 is 40.2. The van der Waals surface area contributed by atoms with Crippen LogP contribution < -0.4 is 5.32 Å². The number of carboxylic acid groups (broad SMARTS) is 1. The minimum atomic E-state index is -4.61. The zero-order valence-electron chi connectivity index (χ0n) is 17.7. The summed E-state index contributed by atoms with van der Waals surface area (Å²) in [6.45, 7) is 0.156. The van der Waals surface area contributed by atoms with Crippen LogP contribution in [-0.2, 0) is 20.8 Å². The van der Waals surface area contributed by atoms with E-state index < -0.39 is 47.6 Å². The largest absolute Gasteiger partial charge is 0.479 e. The van der Waals surface area contributed by atoms with Crippen molar-refractivity contribution in [2.45, 2.75) is 50.0 Å². The number of likely N-dealkylation sites (tertiary alicyclic amines) is 1. The average molecular weight is 466 g/mol. The van der Waals surface area contributed by atoms with E-state index >= 15 is 0 Å². The number of carbonyl (C=O) groups is 3. The van der Waals surface area contributed by atoms with E-state index in [-0.39, 0.29) is 25.0 Å². The number of aliphatic hydroxyl groups excluding tert-OH is 1. The van der Waals surface area contributed by atoms with Crippen molar-refractivity contribution in [3.63, 3.8) is 0 Å². The summed E-state index contributed by atoms with van der Waals surface area (Å²) in [6, 6.07) is 6.80. The lowest BCUT2D eigenvalue weighted by atomic mass is 9.95. The maximum atomic E-state index is 13.4. The number of aliphatic hydroxyl groups is 1. The molecule has 0 spiro atoms. The molecule has 1 fully saturated rings. The van der Waals surface area contributed by atoms with Gasteiger partial charge in [0.25, 0.3) is 0 Å². The lowest BCUT2D eigenvalue weighted by Crippen LogP contribution is -2.53. The first kappa shape index (κ1) is 24.7. The van der Waals surface area contributed by atoms with Crippen molar-refractivity contribution in [1.29, 1.82) is 0 Å². The summed E-state index contributed by atoms with van der Waals surface area (Å²) in [5.74, 6) is -2.50. The second-order valence-electron chi connectivity index (χ2n) is 8.21. The van der Waals surface area contributed by atoms with Crippen LogP contribution in [0, 0.1) is 0 Å². The first-order chi connectivity index (χ1) is 15.6. The Balaban J connectivity index is 1.76. The molecule has 1 aromatic rings. The molecule has 2 aliphatic rings. The van der Waals surface area contributed by atoms with Crippen LogP contribution in [0.3, 0.4) is 0 Å². The lowest BCUT2D eigenvalue weighted by Gasteiger charge is -2.29. The number of aliphatic carboxylic acids is 1. The molecule has 33 heavy (non-hydrogen) atoms. The smallest absolute Gasteiger partial charge is 0.416 e. The molecule has 2 unspecified atom stereocenters. The van der Waals surface area contributed by atoms with Crippen molar-refractivity contribution >= 4 is 17.7 Å². The predicted octanol–water partition coefficient (Wildman–Crippen LogP) is 2.01. The van der Waals surface area contributed by atoms with Crippen LogP contribution >= 0.6 is 0 Å². The third-order valence-electron chi connectivity index (χ3n) is 5.83. The number of nitrogens with zero attached hydrogens (tertiary/aromatic N) is 1. The molecule has 0 radical (unpaired) electrons. The minimum absolute atomic E-state index is 0.0649. The van der Waals surface area contributed by atoms with E-state index in [0.717, 1.165) is 12.2 Å². The molecule has 10 heteroatoms. The molecule has 1 aromatic carbocycles. The molecule has 1 aliphatic heterocycles. The number of benzene rings is 1. The molecule has 1 amide bonds. The number of nitrogens with one attached hydrogen (secondary N) is 1. The normalized spacial score (nSPS) is 21.2. The van der Waals surface area contributed by atoms with Gasteiger partial charge in [-0.3, -0.25) is 14.5 Å². The number of carbonyl (C=O) groups excluding carboxylic acids is 2. The summed E-state index contributed by atoms with van der Waals surface area (Å²) in [6.07, 6.45) is -4.18. The number of carboxylic acids is 1. The van der Waals surface area contributed by atoms with Gasteiger partial charge in [0, 0.05) is 13.0 Å². The van der Waals surface area contributed by atoms with Gasteiger partial charge < -0.3 is 15.5 Å². The van der Waals surface area contributed by atoms with Gasteiger partial charge >= 0.3 is 12.1 Å². The molecule has 3 N–H and O–H groups in total. The highest BCUT2D eigenvalue weighted by molar-refractivity contribution is 5.93. The first-order valence-corrected chi connectivity index (χ1v) is 10.6. The minimum Gasteiger partial charge on any atom is -0.479 e. The van der Waals surface area contributed by atoms with Crippen molar-refractivity contribution < 1.29 is 37.8 Å². The highest BCUT2D eigenvalue weighted by atomic mass is 19.4. The van der Waals surface area contributed by atoms with E-state index in [1.807, 2.05) is 0 Å². The summed E-state index contributed by atoms with van der Waals surface area (Å²) >= 11 is 0. The fourth-order valence-electron chi connectivity index (χ4n) is 4.21. The van der Waals surface area contributed by atoms with Gasteiger partial charge in [-0.25, -0.2) is 4.79 Å². The second kappa shape index (κ2) is 10.3. The highest BCUT2D eigenvalue weighted by Crippen LogP contribution is 2.34. The van der Waals surface area contributed by atoms with Crippen LogP contribution in [0.1, 0.15) is 24.8 Å². The number of ketones is 1. The molecular formula is C23H25F3N2O5. The number of amides is 1. The van der Waals surface area contributed by atoms with Gasteiger partial charge in [0.15, 0.2) is 11.9 Å². The third-order valence-corrected chi connectivity index (χ3v) is 5.83. The number of rotatable bonds is 8. The molecule has 0 saturated carbocycles. The van der Waals surface area contributed by atoms with Gasteiger partial charge in [-0.2, -0.15) is 13.2 Å². The molecule has 1 aliphatic carbocycles. The molecule has 3 atom stereocenters. The molecule has 1 saturated heterocycles. The van der Waals surface area contributed by atoms with E-state index in [1.165, 1.54) is 0 Å². The fraction of sp³-hybridized carbons (Fsp3) is 0.435. The van der Waals surface area contributed by atoms with Gasteiger partial charge in [-0.15, -0.1) is 0 Å². The monoisotopic (exact) mass is 466 g/mol. The Morgan fingerprint density at radius 1 is 1.18 bits per heavy atom. The molecule has 7 nitrogen and oxygen atoms in total. The fourth-order valence-corrected chi connectivity index (χ4v) is 4.21. The van der Waals surface area contributed by atoms with Crippen LogP contribution in [0.25, 0.3) is 0 Å². The number of halogens is 3. The number of hydrogen-bond acceptors (Lipinski definition) is 5. The molecule has 0 bridgehead atoms. The maximum absolute atomic E-state index is 13.4. The van der Waals surface area contributed by atoms with Crippen molar-refractivity contribution in [1.82, 2.24) is 10.2 Å². The predicted molar refractivity (Wildman–Crippen MR) is 112 cm³/mol. The molecule has 1 heterocycles. The Labute approximate surface area is 188 Å². The van der Waals surface area contributed by atoms with Crippen LogP contribution in [0.5, 0.6) is 0 Å². The van der Waals surface area contributed by atoms with E-state index in [9.17, 15) is 37.8 Å². The summed E-state index contributed by atoms with van der Waals surface area (Å²) in [7, 11) is 0. The average Bonchev–Trinajstić information content (AvgIpc) is 3.20. The Morgan fingerprint density at radius 3 is 2.52 bits per heavy atom. The Bertz CT molecular complexity index is 959. The van der Waals surface area contributed by atoms with Gasteiger partial charge in [-0.05, 0) is 49.1 Å². The van der Waals surface area contributed by atoms with Gasteiger partial charge in [-0.1, -0.05) is 30.3 Å². The Morgan fingerprint density at radius 2 is 1.88 bits per heavy atom. The Hall–Kier alpha value is -2.98. The molecule has 0 aromatic heterocycles. The standard InChI is InChI=1S/C23H25F3N2O5/c24-23(25,26)17-9-8-16(29)12-15(17)13-28-10-4-7-19(28)21(31)27-18(20(30)22(32)33)11-14-5-2-1-3-6-14/h1-3,5-6,8-9,18-20,30H,4,7,10-13H2,(H,27,31)(H,32,33)/t18?,19-,20?/m1/s1. The topological polar surface area (TPSA) is 107 Å². The molecule has 3 rings (SSSR count). The van der Waals surface area contributed by atoms with Crippen molar-refractivity contribution in [3.05, 3.63) is 59.2 Å². The van der Waals surface area contributed by atoms with Gasteiger partial charge in [0.05, 0.1) is 17.7 Å². The van der Waals surface area contributed by atoms with Crippen molar-refractivity contribution in [3.8, 4) is 0 Å². The van der Waals surface area contributed by atoms with Gasteiger partial charge in [0.2, 0.25) is 5.91 Å².